The fourth-order valence-corrected chi connectivity index (χ4v) is 4.04. The Morgan fingerprint density at radius 2 is 2.00 bits per heavy atom. The highest BCUT2D eigenvalue weighted by molar-refractivity contribution is 5.74. The maximum Gasteiger partial charge on any atom is 0.315 e. The van der Waals surface area contributed by atoms with Gasteiger partial charge in [0.1, 0.15) is 18.0 Å². The van der Waals surface area contributed by atoms with Crippen molar-refractivity contribution in [3.63, 3.8) is 0 Å². The summed E-state index contributed by atoms with van der Waals surface area (Å²) >= 11 is 0. The maximum atomic E-state index is 12.6. The molecule has 0 bridgehead atoms. The molecule has 1 aromatic carbocycles. The lowest BCUT2D eigenvalue weighted by Gasteiger charge is -2.26. The van der Waals surface area contributed by atoms with Crippen LogP contribution in [-0.4, -0.2) is 35.8 Å². The van der Waals surface area contributed by atoms with Gasteiger partial charge in [-0.15, -0.1) is 0 Å². The number of fused-ring (bicyclic) bond motifs is 1. The summed E-state index contributed by atoms with van der Waals surface area (Å²) in [6.45, 7) is 4.75. The van der Waals surface area contributed by atoms with E-state index < -0.39 is 0 Å². The van der Waals surface area contributed by atoms with Crippen molar-refractivity contribution < 1.29 is 14.3 Å². The first kappa shape index (κ1) is 17.8. The van der Waals surface area contributed by atoms with E-state index in [0.29, 0.717) is 6.61 Å². The number of carbonyl (C=O) groups excluding carboxylic acids is 1. The van der Waals surface area contributed by atoms with Gasteiger partial charge in [0.2, 0.25) is 0 Å². The smallest absolute Gasteiger partial charge is 0.315 e. The number of rotatable bonds is 4. The Labute approximate surface area is 159 Å². The first-order valence-electron chi connectivity index (χ1n) is 9.47. The highest BCUT2D eigenvalue weighted by Gasteiger charge is 2.36. The fourth-order valence-electron chi connectivity index (χ4n) is 4.04. The number of hydrogen-bond acceptors (Lipinski definition) is 4. The number of aromatic nitrogens is 1. The molecule has 6 nitrogen and oxygen atoms in total. The summed E-state index contributed by atoms with van der Waals surface area (Å²) < 4.78 is 11.9. The summed E-state index contributed by atoms with van der Waals surface area (Å²) in [5.41, 5.74) is 2.22. The summed E-state index contributed by atoms with van der Waals surface area (Å²) in [7, 11) is 0. The van der Waals surface area contributed by atoms with Crippen LogP contribution in [0.1, 0.15) is 43.4 Å². The Kier molecular flexibility index (Phi) is 4.99. The van der Waals surface area contributed by atoms with Crippen molar-refractivity contribution in [3.05, 3.63) is 59.9 Å². The minimum atomic E-state index is -0.191. The highest BCUT2D eigenvalue weighted by atomic mass is 16.5. The van der Waals surface area contributed by atoms with E-state index in [0.717, 1.165) is 17.7 Å². The molecule has 1 aromatic heterocycles. The molecular weight excluding hydrogens is 342 g/mol. The first-order valence-corrected chi connectivity index (χ1v) is 9.47. The van der Waals surface area contributed by atoms with Crippen molar-refractivity contribution in [3.8, 4) is 5.75 Å². The lowest BCUT2D eigenvalue weighted by molar-refractivity contribution is 0.0992. The van der Waals surface area contributed by atoms with Crippen molar-refractivity contribution in [2.75, 3.05) is 6.61 Å². The Morgan fingerprint density at radius 1 is 1.22 bits per heavy atom. The topological polar surface area (TPSA) is 72.5 Å². The van der Waals surface area contributed by atoms with Crippen LogP contribution >= 0.6 is 0 Å². The Hall–Kier alpha value is -2.60. The second-order valence-electron chi connectivity index (χ2n) is 7.28. The van der Waals surface area contributed by atoms with Crippen molar-refractivity contribution in [2.45, 2.75) is 50.5 Å². The molecule has 142 valence electrons. The molecule has 5 atom stereocenters. The van der Waals surface area contributed by atoms with Crippen LogP contribution in [0.15, 0.2) is 48.8 Å². The standard InChI is InChI=1S/C21H25N3O3/c1-13-16-5-3-4-6-18(16)27-19(13)14(2)23-21(25)24-17-9-12-26-20(17)15-7-10-22-11-8-15/h3-8,10-11,13-14,17,19-20H,9,12H2,1-2H3,(H2,23,24,25)/t13?,14?,17-,19?,20+/m1/s1. The molecule has 0 saturated carbocycles. The zero-order valence-corrected chi connectivity index (χ0v) is 15.6. The molecule has 1 saturated heterocycles. The minimum absolute atomic E-state index is 0.0567. The van der Waals surface area contributed by atoms with E-state index in [4.69, 9.17) is 9.47 Å². The molecule has 0 aliphatic carbocycles. The van der Waals surface area contributed by atoms with Gasteiger partial charge in [0.05, 0.1) is 12.1 Å². The predicted octanol–water partition coefficient (Wildman–Crippen LogP) is 3.16. The SMILES string of the molecule is CC(NC(=O)N[C@@H]1CCO[C@H]1c1ccncc1)C1Oc2ccccc2C1C. The van der Waals surface area contributed by atoms with E-state index in [1.54, 1.807) is 12.4 Å². The van der Waals surface area contributed by atoms with Gasteiger partial charge in [-0.2, -0.15) is 0 Å². The first-order chi connectivity index (χ1) is 13.1. The number of pyridine rings is 1. The number of hydrogen-bond donors (Lipinski definition) is 2. The van der Waals surface area contributed by atoms with E-state index >= 15 is 0 Å². The second kappa shape index (κ2) is 7.56. The van der Waals surface area contributed by atoms with E-state index in [-0.39, 0.29) is 36.2 Å². The quantitative estimate of drug-likeness (QED) is 0.871. The zero-order chi connectivity index (χ0) is 18.8. The van der Waals surface area contributed by atoms with Gasteiger partial charge < -0.3 is 20.1 Å². The molecular formula is C21H25N3O3. The number of amides is 2. The lowest BCUT2D eigenvalue weighted by atomic mass is 9.94. The molecule has 4 rings (SSSR count). The number of carbonyl (C=O) groups is 1. The number of benzene rings is 1. The van der Waals surface area contributed by atoms with Crippen molar-refractivity contribution in [2.24, 2.45) is 0 Å². The molecule has 2 aliphatic rings. The predicted molar refractivity (Wildman–Crippen MR) is 102 cm³/mol. The summed E-state index contributed by atoms with van der Waals surface area (Å²) in [5, 5.41) is 6.11. The average molecular weight is 367 g/mol. The van der Waals surface area contributed by atoms with Gasteiger partial charge in [0.15, 0.2) is 0 Å². The molecule has 0 radical (unpaired) electrons. The lowest BCUT2D eigenvalue weighted by Crippen LogP contribution is -2.51. The largest absolute Gasteiger partial charge is 0.487 e. The molecule has 2 aliphatic heterocycles. The monoisotopic (exact) mass is 367 g/mol. The maximum absolute atomic E-state index is 12.6. The number of nitrogens with one attached hydrogen (secondary N) is 2. The van der Waals surface area contributed by atoms with Crippen LogP contribution in [0.2, 0.25) is 0 Å². The Bertz CT molecular complexity index is 798. The molecule has 2 N–H and O–H groups in total. The van der Waals surface area contributed by atoms with Crippen LogP contribution in [0.4, 0.5) is 4.79 Å². The summed E-state index contributed by atoms with van der Waals surface area (Å²) in [6, 6.07) is 11.5. The van der Waals surface area contributed by atoms with Crippen molar-refractivity contribution in [1.82, 2.24) is 15.6 Å². The zero-order valence-electron chi connectivity index (χ0n) is 15.6. The number of ether oxygens (including phenoxy) is 2. The van der Waals surface area contributed by atoms with Crippen LogP contribution in [-0.2, 0) is 4.74 Å². The van der Waals surface area contributed by atoms with Gasteiger partial charge in [0, 0.05) is 30.5 Å². The number of para-hydroxylation sites is 1. The van der Waals surface area contributed by atoms with Crippen LogP contribution in [0.5, 0.6) is 5.75 Å². The third-order valence-corrected chi connectivity index (χ3v) is 5.46. The normalized spacial score (nSPS) is 27.5. The van der Waals surface area contributed by atoms with E-state index in [1.807, 2.05) is 37.3 Å². The van der Waals surface area contributed by atoms with Gasteiger partial charge in [-0.05, 0) is 37.1 Å². The van der Waals surface area contributed by atoms with Gasteiger partial charge in [0.25, 0.3) is 0 Å². The molecule has 27 heavy (non-hydrogen) atoms. The third-order valence-electron chi connectivity index (χ3n) is 5.46. The summed E-state index contributed by atoms with van der Waals surface area (Å²) in [6.07, 6.45) is 4.06. The van der Waals surface area contributed by atoms with Gasteiger partial charge in [-0.3, -0.25) is 4.98 Å². The highest BCUT2D eigenvalue weighted by Crippen LogP contribution is 2.38. The number of nitrogens with zero attached hydrogens (tertiary/aromatic N) is 1. The van der Waals surface area contributed by atoms with Gasteiger partial charge in [-0.1, -0.05) is 25.1 Å². The molecule has 3 heterocycles. The van der Waals surface area contributed by atoms with E-state index in [9.17, 15) is 4.79 Å². The van der Waals surface area contributed by atoms with Crippen LogP contribution in [0, 0.1) is 0 Å². The average Bonchev–Trinajstić information content (AvgIpc) is 3.27. The molecule has 1 fully saturated rings. The molecule has 3 unspecified atom stereocenters. The molecule has 2 amide bonds. The van der Waals surface area contributed by atoms with E-state index in [2.05, 4.69) is 28.6 Å². The van der Waals surface area contributed by atoms with Crippen molar-refractivity contribution >= 4 is 6.03 Å². The summed E-state index contributed by atoms with van der Waals surface area (Å²) in [5.74, 6) is 1.14. The van der Waals surface area contributed by atoms with Crippen LogP contribution in [0.3, 0.4) is 0 Å². The van der Waals surface area contributed by atoms with E-state index in [1.165, 1.54) is 5.56 Å². The van der Waals surface area contributed by atoms with Crippen LogP contribution < -0.4 is 15.4 Å². The van der Waals surface area contributed by atoms with Crippen LogP contribution in [0.25, 0.3) is 0 Å². The molecule has 6 heteroatoms. The minimum Gasteiger partial charge on any atom is -0.487 e. The molecule has 0 spiro atoms. The third kappa shape index (κ3) is 3.62. The fraction of sp³-hybridized carbons (Fsp3) is 0.429. The summed E-state index contributed by atoms with van der Waals surface area (Å²) in [4.78, 5) is 16.6. The second-order valence-corrected chi connectivity index (χ2v) is 7.28. The molecule has 2 aromatic rings. The Morgan fingerprint density at radius 3 is 2.78 bits per heavy atom. The number of urea groups is 1. The Balaban J connectivity index is 1.36. The van der Waals surface area contributed by atoms with Gasteiger partial charge in [-0.25, -0.2) is 4.79 Å². The van der Waals surface area contributed by atoms with Crippen molar-refractivity contribution in [1.29, 1.82) is 0 Å². The van der Waals surface area contributed by atoms with Gasteiger partial charge >= 0.3 is 6.03 Å².